The molecule has 0 unspecified atom stereocenters. The fourth-order valence-electron chi connectivity index (χ4n) is 3.09. The zero-order valence-corrected chi connectivity index (χ0v) is 17.6. The van der Waals surface area contributed by atoms with E-state index in [1.54, 1.807) is 31.3 Å². The number of nitrogens with one attached hydrogen (secondary N) is 1. The van der Waals surface area contributed by atoms with Crippen LogP contribution in [0.3, 0.4) is 0 Å². The number of rotatable bonds is 8. The van der Waals surface area contributed by atoms with Crippen LogP contribution in [0.25, 0.3) is 0 Å². The highest BCUT2D eigenvalue weighted by atomic mass is 32.2. The van der Waals surface area contributed by atoms with Crippen LogP contribution in [0, 0.1) is 0 Å². The van der Waals surface area contributed by atoms with E-state index in [1.807, 2.05) is 12.1 Å². The molecule has 1 saturated heterocycles. The van der Waals surface area contributed by atoms with E-state index in [1.165, 1.54) is 6.07 Å². The zero-order chi connectivity index (χ0) is 20.1. The number of ether oxygens (including phenoxy) is 2. The summed E-state index contributed by atoms with van der Waals surface area (Å²) in [6.45, 7) is 1.72. The predicted octanol–water partition coefficient (Wildman–Crippen LogP) is 2.52. The summed E-state index contributed by atoms with van der Waals surface area (Å²) in [4.78, 5) is 14.6. The maximum Gasteiger partial charge on any atom is 0.263 e. The van der Waals surface area contributed by atoms with Gasteiger partial charge in [-0.25, -0.2) is 13.1 Å². The monoisotopic (exact) mass is 424 g/mol. The molecule has 2 heterocycles. The number of sulfonamides is 1. The quantitative estimate of drug-likeness (QED) is 0.704. The number of likely N-dealkylation sites (tertiary alicyclic amines) is 1. The van der Waals surface area contributed by atoms with Gasteiger partial charge in [-0.15, -0.1) is 11.3 Å². The number of carbonyl (C=O) groups is 1. The molecule has 0 saturated carbocycles. The Bertz CT molecular complexity index is 934. The van der Waals surface area contributed by atoms with E-state index in [0.717, 1.165) is 42.8 Å². The molecule has 1 N–H and O–H groups in total. The molecule has 3 rings (SSSR count). The SMILES string of the molecule is COc1ccc(CCNS(=O)(=O)c2ccc(C(=O)N3CCCC3)s2)cc1OC. The Morgan fingerprint density at radius 1 is 1.11 bits per heavy atom. The molecule has 1 aliphatic heterocycles. The highest BCUT2D eigenvalue weighted by Gasteiger charge is 2.24. The summed E-state index contributed by atoms with van der Waals surface area (Å²) in [6.07, 6.45) is 2.50. The highest BCUT2D eigenvalue weighted by Crippen LogP contribution is 2.28. The van der Waals surface area contributed by atoms with Crippen LogP contribution in [0.4, 0.5) is 0 Å². The molecule has 1 aromatic heterocycles. The molecule has 1 fully saturated rings. The molecule has 0 aliphatic carbocycles. The van der Waals surface area contributed by atoms with Gasteiger partial charge in [0.25, 0.3) is 5.91 Å². The second kappa shape index (κ2) is 8.93. The summed E-state index contributed by atoms with van der Waals surface area (Å²) in [5.74, 6) is 1.14. The van der Waals surface area contributed by atoms with Crippen molar-refractivity contribution in [2.75, 3.05) is 33.9 Å². The van der Waals surface area contributed by atoms with Gasteiger partial charge in [0.2, 0.25) is 10.0 Å². The minimum Gasteiger partial charge on any atom is -0.493 e. The van der Waals surface area contributed by atoms with Gasteiger partial charge in [0, 0.05) is 19.6 Å². The van der Waals surface area contributed by atoms with E-state index < -0.39 is 10.0 Å². The normalized spacial score (nSPS) is 14.3. The Kier molecular flexibility index (Phi) is 6.58. The first-order valence-electron chi connectivity index (χ1n) is 9.04. The molecule has 152 valence electrons. The van der Waals surface area contributed by atoms with Crippen LogP contribution in [-0.4, -0.2) is 53.1 Å². The van der Waals surface area contributed by atoms with Crippen LogP contribution >= 0.6 is 11.3 Å². The van der Waals surface area contributed by atoms with Crippen molar-refractivity contribution in [3.05, 3.63) is 40.8 Å². The van der Waals surface area contributed by atoms with E-state index in [9.17, 15) is 13.2 Å². The number of amides is 1. The molecule has 9 heteroatoms. The maximum atomic E-state index is 12.5. The molecule has 2 aromatic rings. The average Bonchev–Trinajstić information content (AvgIpc) is 3.39. The van der Waals surface area contributed by atoms with Crippen LogP contribution in [0.1, 0.15) is 28.1 Å². The van der Waals surface area contributed by atoms with Gasteiger partial charge < -0.3 is 14.4 Å². The molecular formula is C19H24N2O5S2. The third kappa shape index (κ3) is 4.65. The molecule has 1 amide bonds. The topological polar surface area (TPSA) is 84.9 Å². The zero-order valence-electron chi connectivity index (χ0n) is 15.9. The summed E-state index contributed by atoms with van der Waals surface area (Å²) in [5.41, 5.74) is 0.927. The van der Waals surface area contributed by atoms with Gasteiger partial charge in [0.05, 0.1) is 19.1 Å². The van der Waals surface area contributed by atoms with E-state index in [0.29, 0.717) is 22.8 Å². The summed E-state index contributed by atoms with van der Waals surface area (Å²) in [5, 5.41) is 0. The summed E-state index contributed by atoms with van der Waals surface area (Å²) in [7, 11) is -0.531. The summed E-state index contributed by atoms with van der Waals surface area (Å²) < 4.78 is 38.3. The van der Waals surface area contributed by atoms with Crippen LogP contribution in [0.5, 0.6) is 11.5 Å². The third-order valence-corrected chi connectivity index (χ3v) is 7.63. The first kappa shape index (κ1) is 20.6. The van der Waals surface area contributed by atoms with Crippen molar-refractivity contribution in [1.82, 2.24) is 9.62 Å². The molecule has 1 aromatic carbocycles. The lowest BCUT2D eigenvalue weighted by Gasteiger charge is -2.13. The number of thiophene rings is 1. The summed E-state index contributed by atoms with van der Waals surface area (Å²) in [6, 6.07) is 8.57. The number of benzene rings is 1. The fourth-order valence-corrected chi connectivity index (χ4v) is 5.44. The van der Waals surface area contributed by atoms with Crippen LogP contribution < -0.4 is 14.2 Å². The van der Waals surface area contributed by atoms with Gasteiger partial charge in [0.15, 0.2) is 11.5 Å². The molecule has 0 spiro atoms. The fraction of sp³-hybridized carbons (Fsp3) is 0.421. The number of nitrogens with zero attached hydrogens (tertiary/aromatic N) is 1. The smallest absolute Gasteiger partial charge is 0.263 e. The Hall–Kier alpha value is -2.10. The molecule has 0 bridgehead atoms. The largest absolute Gasteiger partial charge is 0.493 e. The van der Waals surface area contributed by atoms with Gasteiger partial charge in [-0.3, -0.25) is 4.79 Å². The standard InChI is InChI=1S/C19H24N2O5S2/c1-25-15-6-5-14(13-16(15)26-2)9-10-20-28(23,24)18-8-7-17(27-18)19(22)21-11-3-4-12-21/h5-8,13,20H,3-4,9-12H2,1-2H3. The maximum absolute atomic E-state index is 12.5. The van der Waals surface area contributed by atoms with Gasteiger partial charge >= 0.3 is 0 Å². The Morgan fingerprint density at radius 3 is 2.50 bits per heavy atom. The van der Waals surface area contributed by atoms with Crippen molar-refractivity contribution in [2.45, 2.75) is 23.5 Å². The molecule has 0 radical (unpaired) electrons. The van der Waals surface area contributed by atoms with E-state index in [-0.39, 0.29) is 16.7 Å². The van der Waals surface area contributed by atoms with Crippen molar-refractivity contribution < 1.29 is 22.7 Å². The number of hydrogen-bond acceptors (Lipinski definition) is 6. The van der Waals surface area contributed by atoms with Crippen molar-refractivity contribution >= 4 is 27.3 Å². The lowest BCUT2D eigenvalue weighted by molar-refractivity contribution is 0.0797. The van der Waals surface area contributed by atoms with Gasteiger partial charge in [-0.1, -0.05) is 6.07 Å². The number of methoxy groups -OCH3 is 2. The minimum absolute atomic E-state index is 0.0886. The molecule has 7 nitrogen and oxygen atoms in total. The number of carbonyl (C=O) groups excluding carboxylic acids is 1. The van der Waals surface area contributed by atoms with E-state index >= 15 is 0 Å². The van der Waals surface area contributed by atoms with Crippen LogP contribution in [0.15, 0.2) is 34.5 Å². The first-order valence-corrected chi connectivity index (χ1v) is 11.3. The molecule has 28 heavy (non-hydrogen) atoms. The third-order valence-electron chi connectivity index (χ3n) is 4.60. The minimum atomic E-state index is -3.65. The molecule has 0 atom stereocenters. The van der Waals surface area contributed by atoms with Crippen molar-refractivity contribution in [2.24, 2.45) is 0 Å². The average molecular weight is 425 g/mol. The second-order valence-corrected chi connectivity index (χ2v) is 9.53. The Balaban J connectivity index is 1.60. The van der Waals surface area contributed by atoms with E-state index in [4.69, 9.17) is 9.47 Å². The van der Waals surface area contributed by atoms with Crippen molar-refractivity contribution in [3.8, 4) is 11.5 Å². The van der Waals surface area contributed by atoms with Gasteiger partial charge in [0.1, 0.15) is 4.21 Å². The highest BCUT2D eigenvalue weighted by molar-refractivity contribution is 7.91. The Morgan fingerprint density at radius 2 is 1.82 bits per heavy atom. The lowest BCUT2D eigenvalue weighted by atomic mass is 10.1. The van der Waals surface area contributed by atoms with Crippen LogP contribution in [0.2, 0.25) is 0 Å². The second-order valence-electron chi connectivity index (χ2n) is 6.46. The number of hydrogen-bond donors (Lipinski definition) is 1. The van der Waals surface area contributed by atoms with E-state index in [2.05, 4.69) is 4.72 Å². The van der Waals surface area contributed by atoms with Crippen molar-refractivity contribution in [1.29, 1.82) is 0 Å². The summed E-state index contributed by atoms with van der Waals surface area (Å²) >= 11 is 1.01. The van der Waals surface area contributed by atoms with Gasteiger partial charge in [-0.2, -0.15) is 0 Å². The molecule has 1 aliphatic rings. The van der Waals surface area contributed by atoms with Gasteiger partial charge in [-0.05, 0) is 49.1 Å². The Labute approximate surface area is 169 Å². The molecular weight excluding hydrogens is 400 g/mol. The van der Waals surface area contributed by atoms with Crippen LogP contribution in [-0.2, 0) is 16.4 Å². The lowest BCUT2D eigenvalue weighted by Crippen LogP contribution is -2.27. The predicted molar refractivity (Wildman–Crippen MR) is 108 cm³/mol. The first-order chi connectivity index (χ1) is 13.4. The van der Waals surface area contributed by atoms with Crippen molar-refractivity contribution in [3.63, 3.8) is 0 Å².